The molecule has 0 saturated carbocycles. The molecule has 24 heavy (non-hydrogen) atoms. The Morgan fingerprint density at radius 1 is 1.42 bits per heavy atom. The molecule has 8 heteroatoms. The van der Waals surface area contributed by atoms with Crippen LogP contribution in [0, 0.1) is 5.41 Å². The van der Waals surface area contributed by atoms with Crippen molar-refractivity contribution >= 4 is 17.7 Å². The van der Waals surface area contributed by atoms with Gasteiger partial charge in [0.1, 0.15) is 0 Å². The molecule has 132 valence electrons. The number of hydrogen-bond acceptors (Lipinski definition) is 4. The number of piperidine rings is 1. The van der Waals surface area contributed by atoms with Gasteiger partial charge in [0.2, 0.25) is 0 Å². The fourth-order valence-electron chi connectivity index (χ4n) is 3.48. The zero-order valence-corrected chi connectivity index (χ0v) is 14.2. The molecular formula is C16H25N5O3. The average molecular weight is 335 g/mol. The van der Waals surface area contributed by atoms with Gasteiger partial charge >= 0.3 is 12.0 Å². The van der Waals surface area contributed by atoms with Crippen molar-refractivity contribution in [2.75, 3.05) is 31.1 Å². The van der Waals surface area contributed by atoms with E-state index in [1.54, 1.807) is 16.5 Å². The second-order valence-electron chi connectivity index (χ2n) is 7.14. The number of aromatic nitrogens is 2. The molecule has 0 radical (unpaired) electrons. The molecule has 0 spiro atoms. The third-order valence-corrected chi connectivity index (χ3v) is 5.08. The van der Waals surface area contributed by atoms with Crippen LogP contribution in [-0.4, -0.2) is 64.0 Å². The van der Waals surface area contributed by atoms with Crippen LogP contribution in [0.25, 0.3) is 0 Å². The van der Waals surface area contributed by atoms with Crippen LogP contribution in [0.4, 0.5) is 10.5 Å². The number of urea groups is 1. The molecule has 2 unspecified atom stereocenters. The first kappa shape index (κ1) is 16.6. The molecule has 8 nitrogen and oxygen atoms in total. The quantitative estimate of drug-likeness (QED) is 0.856. The molecule has 0 bridgehead atoms. The minimum Gasteiger partial charge on any atom is -0.481 e. The summed E-state index contributed by atoms with van der Waals surface area (Å²) in [7, 11) is 1.89. The Kier molecular flexibility index (Phi) is 4.38. The van der Waals surface area contributed by atoms with Crippen molar-refractivity contribution < 1.29 is 14.7 Å². The Hall–Kier alpha value is -2.25. The van der Waals surface area contributed by atoms with E-state index in [1.165, 1.54) is 0 Å². The van der Waals surface area contributed by atoms with Gasteiger partial charge in [0.05, 0.1) is 17.3 Å². The summed E-state index contributed by atoms with van der Waals surface area (Å²) >= 11 is 0. The number of carbonyl (C=O) groups excluding carboxylic acids is 1. The van der Waals surface area contributed by atoms with Crippen molar-refractivity contribution in [3.63, 3.8) is 0 Å². The molecule has 2 N–H and O–H groups in total. The maximum Gasteiger partial charge on any atom is 0.317 e. The molecular weight excluding hydrogens is 310 g/mol. The van der Waals surface area contributed by atoms with E-state index < -0.39 is 11.4 Å². The van der Waals surface area contributed by atoms with E-state index in [0.29, 0.717) is 13.0 Å². The number of nitrogens with one attached hydrogen (secondary N) is 1. The third-order valence-electron chi connectivity index (χ3n) is 5.08. The van der Waals surface area contributed by atoms with E-state index >= 15 is 0 Å². The largest absolute Gasteiger partial charge is 0.481 e. The van der Waals surface area contributed by atoms with Crippen LogP contribution in [0.3, 0.4) is 0 Å². The van der Waals surface area contributed by atoms with E-state index in [-0.39, 0.29) is 18.6 Å². The van der Waals surface area contributed by atoms with Crippen LogP contribution >= 0.6 is 0 Å². The summed E-state index contributed by atoms with van der Waals surface area (Å²) in [6.07, 6.45) is 6.26. The van der Waals surface area contributed by atoms with Gasteiger partial charge in [-0.2, -0.15) is 5.10 Å². The standard InChI is InChI=1S/C16H25N5O3/c1-16(14(22)23)5-7-21(11-16)15(24)18-12-4-3-6-20(9-12)13-8-17-19(2)10-13/h8,10,12H,3-7,9,11H2,1-2H3,(H,18,24)(H,22,23). The van der Waals surface area contributed by atoms with Crippen LogP contribution < -0.4 is 10.2 Å². The summed E-state index contributed by atoms with van der Waals surface area (Å²) in [6, 6.07) is -0.0823. The number of anilines is 1. The number of hydrogen-bond donors (Lipinski definition) is 2. The molecule has 3 rings (SSSR count). The Morgan fingerprint density at radius 3 is 2.83 bits per heavy atom. The zero-order chi connectivity index (χ0) is 17.3. The first-order valence-corrected chi connectivity index (χ1v) is 8.40. The number of rotatable bonds is 3. The van der Waals surface area contributed by atoms with Crippen molar-refractivity contribution in [2.45, 2.75) is 32.2 Å². The summed E-state index contributed by atoms with van der Waals surface area (Å²) in [5.74, 6) is -0.835. The van der Waals surface area contributed by atoms with E-state index in [0.717, 1.165) is 31.6 Å². The summed E-state index contributed by atoms with van der Waals surface area (Å²) in [5, 5.41) is 16.5. The Morgan fingerprint density at radius 2 is 2.21 bits per heavy atom. The highest BCUT2D eigenvalue weighted by Crippen LogP contribution is 2.30. The molecule has 2 saturated heterocycles. The van der Waals surface area contributed by atoms with Gasteiger partial charge in [-0.3, -0.25) is 9.48 Å². The number of carboxylic acids is 1. The van der Waals surface area contributed by atoms with Gasteiger partial charge in [-0.25, -0.2) is 4.79 Å². The minimum atomic E-state index is -0.835. The highest BCUT2D eigenvalue weighted by molar-refractivity contribution is 5.79. The normalized spacial score (nSPS) is 27.3. The second kappa shape index (κ2) is 6.33. The summed E-state index contributed by atoms with van der Waals surface area (Å²) in [6.45, 7) is 4.18. The van der Waals surface area contributed by atoms with Crippen molar-refractivity contribution in [1.82, 2.24) is 20.0 Å². The number of carboxylic acid groups (broad SMARTS) is 1. The van der Waals surface area contributed by atoms with Crippen LogP contribution in [0.2, 0.25) is 0 Å². The number of nitrogens with zero attached hydrogens (tertiary/aromatic N) is 4. The van der Waals surface area contributed by atoms with Crippen LogP contribution in [-0.2, 0) is 11.8 Å². The van der Waals surface area contributed by atoms with Crippen molar-refractivity contribution in [3.8, 4) is 0 Å². The van der Waals surface area contributed by atoms with E-state index in [1.807, 2.05) is 19.4 Å². The summed E-state index contributed by atoms with van der Waals surface area (Å²) in [5.41, 5.74) is 0.238. The van der Waals surface area contributed by atoms with E-state index in [2.05, 4.69) is 15.3 Å². The average Bonchev–Trinajstić information content (AvgIpc) is 3.15. The number of aryl methyl sites for hydroxylation is 1. The van der Waals surface area contributed by atoms with Crippen LogP contribution in [0.5, 0.6) is 0 Å². The van der Waals surface area contributed by atoms with Gasteiger partial charge in [-0.15, -0.1) is 0 Å². The van der Waals surface area contributed by atoms with Gasteiger partial charge in [0, 0.05) is 45.5 Å². The fraction of sp³-hybridized carbons (Fsp3) is 0.688. The molecule has 2 aliphatic heterocycles. The first-order valence-electron chi connectivity index (χ1n) is 8.40. The smallest absolute Gasteiger partial charge is 0.317 e. The molecule has 2 aliphatic rings. The number of aliphatic carboxylic acids is 1. The molecule has 2 fully saturated rings. The minimum absolute atomic E-state index is 0.0724. The molecule has 0 aliphatic carbocycles. The SMILES string of the molecule is Cn1cc(N2CCCC(NC(=O)N3CCC(C)(C(=O)O)C3)C2)cn1. The lowest BCUT2D eigenvalue weighted by molar-refractivity contribution is -0.147. The Bertz CT molecular complexity index is 631. The van der Waals surface area contributed by atoms with E-state index in [4.69, 9.17) is 0 Å². The van der Waals surface area contributed by atoms with Gasteiger partial charge in [0.15, 0.2) is 0 Å². The molecule has 2 atom stereocenters. The molecule has 1 aromatic rings. The topological polar surface area (TPSA) is 90.7 Å². The number of carbonyl (C=O) groups is 2. The lowest BCUT2D eigenvalue weighted by Crippen LogP contribution is -2.51. The summed E-state index contributed by atoms with van der Waals surface area (Å²) < 4.78 is 1.77. The lowest BCUT2D eigenvalue weighted by atomic mass is 9.90. The third kappa shape index (κ3) is 3.32. The van der Waals surface area contributed by atoms with Crippen molar-refractivity contribution in [1.29, 1.82) is 0 Å². The van der Waals surface area contributed by atoms with Crippen molar-refractivity contribution in [2.24, 2.45) is 12.5 Å². The predicted octanol–water partition coefficient (Wildman–Crippen LogP) is 0.895. The van der Waals surface area contributed by atoms with Crippen molar-refractivity contribution in [3.05, 3.63) is 12.4 Å². The highest BCUT2D eigenvalue weighted by atomic mass is 16.4. The molecule has 1 aromatic heterocycles. The maximum absolute atomic E-state index is 12.5. The fourth-order valence-corrected chi connectivity index (χ4v) is 3.48. The van der Waals surface area contributed by atoms with Gasteiger partial charge in [0.25, 0.3) is 0 Å². The van der Waals surface area contributed by atoms with Gasteiger partial charge in [-0.1, -0.05) is 0 Å². The number of amides is 2. The zero-order valence-electron chi connectivity index (χ0n) is 14.2. The second-order valence-corrected chi connectivity index (χ2v) is 7.14. The monoisotopic (exact) mass is 335 g/mol. The Labute approximate surface area is 141 Å². The Balaban J connectivity index is 1.56. The van der Waals surface area contributed by atoms with E-state index in [9.17, 15) is 14.7 Å². The van der Waals surface area contributed by atoms with Crippen LogP contribution in [0.1, 0.15) is 26.2 Å². The highest BCUT2D eigenvalue weighted by Gasteiger charge is 2.42. The summed E-state index contributed by atoms with van der Waals surface area (Å²) in [4.78, 5) is 27.6. The predicted molar refractivity (Wildman–Crippen MR) is 88.9 cm³/mol. The van der Waals surface area contributed by atoms with Crippen LogP contribution in [0.15, 0.2) is 12.4 Å². The maximum atomic E-state index is 12.5. The molecule has 3 heterocycles. The van der Waals surface area contributed by atoms with Gasteiger partial charge in [-0.05, 0) is 26.2 Å². The lowest BCUT2D eigenvalue weighted by Gasteiger charge is -2.34. The molecule has 0 aromatic carbocycles. The number of likely N-dealkylation sites (tertiary alicyclic amines) is 1. The first-order chi connectivity index (χ1) is 11.4. The van der Waals surface area contributed by atoms with Gasteiger partial charge < -0.3 is 20.2 Å². The molecule has 2 amide bonds.